The molecule has 116 valence electrons. The Labute approximate surface area is 127 Å². The summed E-state index contributed by atoms with van der Waals surface area (Å²) in [5.74, 6) is 0.769. The van der Waals surface area contributed by atoms with Crippen LogP contribution in [0, 0.1) is 0 Å². The number of methoxy groups -OCH3 is 1. The molecule has 2 heterocycles. The minimum absolute atomic E-state index is 0.246. The molecule has 8 nitrogen and oxygen atoms in total. The highest BCUT2D eigenvalue weighted by Gasteiger charge is 2.23. The van der Waals surface area contributed by atoms with Gasteiger partial charge in [0.1, 0.15) is 5.75 Å². The number of hydrogen-bond acceptors (Lipinski definition) is 6. The Bertz CT molecular complexity index is 652. The van der Waals surface area contributed by atoms with Crippen LogP contribution in [-0.2, 0) is 14.3 Å². The molecule has 0 bridgehead atoms. The molecule has 0 aliphatic carbocycles. The molecule has 1 saturated heterocycles. The van der Waals surface area contributed by atoms with Crippen molar-refractivity contribution in [2.45, 2.75) is 6.10 Å². The van der Waals surface area contributed by atoms with Crippen LogP contribution < -0.4 is 10.1 Å². The molecule has 1 aromatic carbocycles. The van der Waals surface area contributed by atoms with E-state index in [-0.39, 0.29) is 12.5 Å². The fourth-order valence-electron chi connectivity index (χ4n) is 2.05. The van der Waals surface area contributed by atoms with Gasteiger partial charge in [-0.15, -0.1) is 5.10 Å². The van der Waals surface area contributed by atoms with Gasteiger partial charge in [0.05, 0.1) is 38.8 Å². The molecule has 1 aromatic heterocycles. The van der Waals surface area contributed by atoms with Crippen LogP contribution in [-0.4, -0.2) is 53.9 Å². The second-order valence-corrected chi connectivity index (χ2v) is 4.67. The van der Waals surface area contributed by atoms with E-state index in [9.17, 15) is 4.79 Å². The van der Waals surface area contributed by atoms with Crippen LogP contribution in [0.2, 0.25) is 0 Å². The van der Waals surface area contributed by atoms with Gasteiger partial charge in [-0.2, -0.15) is 0 Å². The largest absolute Gasteiger partial charge is 0.497 e. The van der Waals surface area contributed by atoms with Gasteiger partial charge >= 0.3 is 0 Å². The van der Waals surface area contributed by atoms with E-state index in [2.05, 4.69) is 15.6 Å². The van der Waals surface area contributed by atoms with Gasteiger partial charge in [-0.25, -0.2) is 4.68 Å². The lowest BCUT2D eigenvalue weighted by molar-refractivity contribution is -0.142. The number of aromatic nitrogens is 3. The maximum Gasteiger partial charge on any atom is 0.257 e. The van der Waals surface area contributed by atoms with Gasteiger partial charge < -0.3 is 19.5 Å². The second kappa shape index (κ2) is 6.54. The minimum Gasteiger partial charge on any atom is -0.497 e. The maximum atomic E-state index is 12.0. The molecular formula is C14H16N4O4. The Hall–Kier alpha value is -2.45. The van der Waals surface area contributed by atoms with Crippen molar-refractivity contribution in [3.05, 3.63) is 30.5 Å². The average molecular weight is 304 g/mol. The number of rotatable bonds is 4. The zero-order valence-electron chi connectivity index (χ0n) is 12.1. The smallest absolute Gasteiger partial charge is 0.257 e. The summed E-state index contributed by atoms with van der Waals surface area (Å²) in [6.07, 6.45) is 1.01. The Balaban J connectivity index is 1.69. The van der Waals surface area contributed by atoms with Crippen LogP contribution in [0.5, 0.6) is 5.75 Å². The standard InChI is InChI=1S/C14H16N4O4/c1-20-11-4-2-3-10(7-11)18-8-13(16-17-18)15-14(19)12-9-21-5-6-22-12/h2-4,7-8,12H,5-6,9H2,1H3,(H,15,19). The number of hydrogen-bond donors (Lipinski definition) is 1. The van der Waals surface area contributed by atoms with E-state index in [1.54, 1.807) is 18.0 Å². The first-order chi connectivity index (χ1) is 10.8. The van der Waals surface area contributed by atoms with E-state index < -0.39 is 6.10 Å². The zero-order valence-corrected chi connectivity index (χ0v) is 12.1. The molecule has 0 spiro atoms. The highest BCUT2D eigenvalue weighted by Crippen LogP contribution is 2.16. The Kier molecular flexibility index (Phi) is 4.31. The lowest BCUT2D eigenvalue weighted by atomic mass is 10.3. The Morgan fingerprint density at radius 2 is 2.36 bits per heavy atom. The topological polar surface area (TPSA) is 87.5 Å². The maximum absolute atomic E-state index is 12.0. The van der Waals surface area contributed by atoms with Gasteiger partial charge in [0.15, 0.2) is 11.9 Å². The van der Waals surface area contributed by atoms with E-state index in [0.29, 0.717) is 24.8 Å². The van der Waals surface area contributed by atoms with Crippen LogP contribution in [0.4, 0.5) is 5.82 Å². The van der Waals surface area contributed by atoms with Crippen LogP contribution in [0.15, 0.2) is 30.5 Å². The summed E-state index contributed by atoms with van der Waals surface area (Å²) in [6, 6.07) is 7.37. The molecule has 1 unspecified atom stereocenters. The number of ether oxygens (including phenoxy) is 3. The number of anilines is 1. The van der Waals surface area contributed by atoms with E-state index in [1.165, 1.54) is 0 Å². The Morgan fingerprint density at radius 1 is 1.45 bits per heavy atom. The van der Waals surface area contributed by atoms with Crippen molar-refractivity contribution in [3.8, 4) is 11.4 Å². The van der Waals surface area contributed by atoms with E-state index in [4.69, 9.17) is 14.2 Å². The highest BCUT2D eigenvalue weighted by molar-refractivity contribution is 5.93. The number of carbonyl (C=O) groups excluding carboxylic acids is 1. The number of amides is 1. The number of benzene rings is 1. The first kappa shape index (κ1) is 14.5. The Morgan fingerprint density at radius 3 is 3.14 bits per heavy atom. The first-order valence-electron chi connectivity index (χ1n) is 6.83. The monoisotopic (exact) mass is 304 g/mol. The van der Waals surface area contributed by atoms with Crippen molar-refractivity contribution in [2.75, 3.05) is 32.2 Å². The van der Waals surface area contributed by atoms with E-state index >= 15 is 0 Å². The molecule has 0 radical (unpaired) electrons. The first-order valence-corrected chi connectivity index (χ1v) is 6.83. The molecule has 1 aliphatic heterocycles. The molecule has 2 aromatic rings. The summed E-state index contributed by atoms with van der Waals surface area (Å²) in [5.41, 5.74) is 0.782. The number of carbonyl (C=O) groups is 1. The predicted molar refractivity (Wildman–Crippen MR) is 77.1 cm³/mol. The SMILES string of the molecule is COc1cccc(-n2cc(NC(=O)C3COCCO3)nn2)c1. The fraction of sp³-hybridized carbons (Fsp3) is 0.357. The molecule has 1 atom stereocenters. The summed E-state index contributed by atoms with van der Waals surface area (Å²) in [4.78, 5) is 12.0. The predicted octanol–water partition coefficient (Wildman–Crippen LogP) is 0.630. The molecular weight excluding hydrogens is 288 g/mol. The summed E-state index contributed by atoms with van der Waals surface area (Å²) in [5, 5.41) is 10.6. The van der Waals surface area contributed by atoms with Crippen molar-refractivity contribution < 1.29 is 19.0 Å². The summed E-state index contributed by atoms with van der Waals surface area (Å²) >= 11 is 0. The summed E-state index contributed by atoms with van der Waals surface area (Å²) < 4.78 is 17.2. The van der Waals surface area contributed by atoms with Gasteiger partial charge in [-0.1, -0.05) is 11.3 Å². The van der Waals surface area contributed by atoms with Crippen molar-refractivity contribution in [2.24, 2.45) is 0 Å². The third-order valence-corrected chi connectivity index (χ3v) is 3.17. The molecule has 1 N–H and O–H groups in total. The van der Waals surface area contributed by atoms with Gasteiger partial charge in [-0.05, 0) is 12.1 Å². The number of nitrogens with one attached hydrogen (secondary N) is 1. The molecule has 1 amide bonds. The fourth-order valence-corrected chi connectivity index (χ4v) is 2.05. The average Bonchev–Trinajstić information content (AvgIpc) is 3.04. The van der Waals surface area contributed by atoms with Gasteiger partial charge in [0.25, 0.3) is 5.91 Å². The van der Waals surface area contributed by atoms with E-state index in [1.807, 2.05) is 24.3 Å². The van der Waals surface area contributed by atoms with Crippen molar-refractivity contribution in [1.29, 1.82) is 0 Å². The second-order valence-electron chi connectivity index (χ2n) is 4.67. The van der Waals surface area contributed by atoms with Gasteiger partial charge in [0, 0.05) is 6.07 Å². The van der Waals surface area contributed by atoms with Crippen LogP contribution in [0.3, 0.4) is 0 Å². The molecule has 1 fully saturated rings. The molecule has 22 heavy (non-hydrogen) atoms. The van der Waals surface area contributed by atoms with Crippen molar-refractivity contribution >= 4 is 11.7 Å². The third kappa shape index (κ3) is 3.23. The lowest BCUT2D eigenvalue weighted by Crippen LogP contribution is -2.39. The van der Waals surface area contributed by atoms with Gasteiger partial charge in [0.2, 0.25) is 0 Å². The van der Waals surface area contributed by atoms with Crippen molar-refractivity contribution in [3.63, 3.8) is 0 Å². The molecule has 0 saturated carbocycles. The minimum atomic E-state index is -0.615. The van der Waals surface area contributed by atoms with Crippen LogP contribution in [0.1, 0.15) is 0 Å². The molecule has 1 aliphatic rings. The lowest BCUT2D eigenvalue weighted by Gasteiger charge is -2.21. The molecule has 3 rings (SSSR count). The van der Waals surface area contributed by atoms with Crippen LogP contribution in [0.25, 0.3) is 5.69 Å². The third-order valence-electron chi connectivity index (χ3n) is 3.17. The number of nitrogens with zero attached hydrogens (tertiary/aromatic N) is 3. The van der Waals surface area contributed by atoms with Crippen molar-refractivity contribution in [1.82, 2.24) is 15.0 Å². The quantitative estimate of drug-likeness (QED) is 0.891. The molecule has 8 heteroatoms. The normalized spacial score (nSPS) is 18.0. The van der Waals surface area contributed by atoms with Gasteiger partial charge in [-0.3, -0.25) is 4.79 Å². The van der Waals surface area contributed by atoms with E-state index in [0.717, 1.165) is 5.69 Å². The van der Waals surface area contributed by atoms with Crippen LogP contribution >= 0.6 is 0 Å². The summed E-state index contributed by atoms with van der Waals surface area (Å²) in [7, 11) is 1.60. The highest BCUT2D eigenvalue weighted by atomic mass is 16.6. The summed E-state index contributed by atoms with van der Waals surface area (Å²) in [6.45, 7) is 1.17. The zero-order chi connectivity index (χ0) is 15.4.